The molecule has 2 rings (SSSR count). The molecule has 1 saturated heterocycles. The summed E-state index contributed by atoms with van der Waals surface area (Å²) in [5, 5.41) is 0. The van der Waals surface area contributed by atoms with Crippen LogP contribution in [0.2, 0.25) is 0 Å². The molecule has 0 radical (unpaired) electrons. The van der Waals surface area contributed by atoms with Crippen molar-refractivity contribution in [2.45, 2.75) is 37.8 Å². The van der Waals surface area contributed by atoms with Crippen LogP contribution in [-0.4, -0.2) is 12.7 Å². The molecule has 1 heterocycles. The lowest BCUT2D eigenvalue weighted by Gasteiger charge is -2.28. The van der Waals surface area contributed by atoms with E-state index in [2.05, 4.69) is 19.1 Å². The van der Waals surface area contributed by atoms with Gasteiger partial charge in [0.05, 0.1) is 6.10 Å². The highest BCUT2D eigenvalue weighted by atomic mass is 16.5. The van der Waals surface area contributed by atoms with Gasteiger partial charge >= 0.3 is 0 Å². The maximum Gasteiger partial charge on any atom is 0.0596 e. The van der Waals surface area contributed by atoms with Crippen LogP contribution in [0.5, 0.6) is 0 Å². The SMILES string of the molecule is CC(N)(CC1CCCO1)c1ccccc1. The lowest BCUT2D eigenvalue weighted by atomic mass is 9.87. The van der Waals surface area contributed by atoms with Crippen LogP contribution in [0.25, 0.3) is 0 Å². The Morgan fingerprint density at radius 2 is 2.13 bits per heavy atom. The largest absolute Gasteiger partial charge is 0.378 e. The molecule has 0 bridgehead atoms. The lowest BCUT2D eigenvalue weighted by Crippen LogP contribution is -2.36. The number of hydrogen-bond acceptors (Lipinski definition) is 2. The van der Waals surface area contributed by atoms with Crippen LogP contribution >= 0.6 is 0 Å². The first kappa shape index (κ1) is 10.7. The Balaban J connectivity index is 2.05. The third-order valence-corrected chi connectivity index (χ3v) is 3.11. The van der Waals surface area contributed by atoms with Gasteiger partial charge in [-0.25, -0.2) is 0 Å². The van der Waals surface area contributed by atoms with E-state index in [0.717, 1.165) is 19.4 Å². The second kappa shape index (κ2) is 4.33. The van der Waals surface area contributed by atoms with E-state index in [1.807, 2.05) is 18.2 Å². The van der Waals surface area contributed by atoms with Crippen molar-refractivity contribution in [2.24, 2.45) is 5.73 Å². The number of rotatable bonds is 3. The van der Waals surface area contributed by atoms with E-state index in [1.54, 1.807) is 0 Å². The third-order valence-electron chi connectivity index (χ3n) is 3.11. The average Bonchev–Trinajstić information content (AvgIpc) is 2.71. The van der Waals surface area contributed by atoms with Crippen LogP contribution in [0.3, 0.4) is 0 Å². The molecule has 1 fully saturated rings. The molecule has 1 aliphatic rings. The van der Waals surface area contributed by atoms with Crippen LogP contribution in [0.4, 0.5) is 0 Å². The summed E-state index contributed by atoms with van der Waals surface area (Å²) >= 11 is 0. The van der Waals surface area contributed by atoms with Crippen molar-refractivity contribution in [3.63, 3.8) is 0 Å². The fourth-order valence-electron chi connectivity index (χ4n) is 2.22. The minimum absolute atomic E-state index is 0.268. The highest BCUT2D eigenvalue weighted by Crippen LogP contribution is 2.28. The normalized spacial score (nSPS) is 25.1. The summed E-state index contributed by atoms with van der Waals surface area (Å²) in [4.78, 5) is 0. The van der Waals surface area contributed by atoms with Crippen molar-refractivity contribution in [2.75, 3.05) is 6.61 Å². The van der Waals surface area contributed by atoms with Crippen molar-refractivity contribution in [1.29, 1.82) is 0 Å². The molecule has 0 aliphatic carbocycles. The third kappa shape index (κ3) is 2.58. The molecule has 0 spiro atoms. The molecule has 1 aromatic rings. The van der Waals surface area contributed by atoms with Crippen LogP contribution in [0.15, 0.2) is 30.3 Å². The first-order valence-electron chi connectivity index (χ1n) is 5.64. The fourth-order valence-corrected chi connectivity index (χ4v) is 2.22. The molecule has 2 atom stereocenters. The predicted molar refractivity (Wildman–Crippen MR) is 61.6 cm³/mol. The Hall–Kier alpha value is -0.860. The average molecular weight is 205 g/mol. The Morgan fingerprint density at radius 3 is 2.73 bits per heavy atom. The minimum atomic E-state index is -0.268. The quantitative estimate of drug-likeness (QED) is 0.822. The fraction of sp³-hybridized carbons (Fsp3) is 0.538. The van der Waals surface area contributed by atoms with Gasteiger partial charge in [0.2, 0.25) is 0 Å². The van der Waals surface area contributed by atoms with Crippen molar-refractivity contribution in [3.05, 3.63) is 35.9 Å². The molecule has 1 aromatic carbocycles. The summed E-state index contributed by atoms with van der Waals surface area (Å²) in [5.74, 6) is 0. The topological polar surface area (TPSA) is 35.2 Å². The summed E-state index contributed by atoms with van der Waals surface area (Å²) in [5.41, 5.74) is 7.27. The Labute approximate surface area is 91.4 Å². The van der Waals surface area contributed by atoms with E-state index < -0.39 is 0 Å². The van der Waals surface area contributed by atoms with Gasteiger partial charge in [-0.05, 0) is 31.7 Å². The summed E-state index contributed by atoms with van der Waals surface area (Å²) in [6.07, 6.45) is 3.59. The minimum Gasteiger partial charge on any atom is -0.378 e. The Bertz CT molecular complexity index is 302. The van der Waals surface area contributed by atoms with E-state index >= 15 is 0 Å². The van der Waals surface area contributed by atoms with Crippen molar-refractivity contribution in [1.82, 2.24) is 0 Å². The maximum absolute atomic E-state index is 6.34. The molecule has 15 heavy (non-hydrogen) atoms. The van der Waals surface area contributed by atoms with Gasteiger partial charge in [-0.15, -0.1) is 0 Å². The summed E-state index contributed by atoms with van der Waals surface area (Å²) < 4.78 is 5.63. The molecule has 0 amide bonds. The molecular weight excluding hydrogens is 186 g/mol. The van der Waals surface area contributed by atoms with Crippen LogP contribution in [0, 0.1) is 0 Å². The van der Waals surface area contributed by atoms with Gasteiger partial charge in [-0.2, -0.15) is 0 Å². The van der Waals surface area contributed by atoms with Crippen molar-refractivity contribution < 1.29 is 4.74 Å². The maximum atomic E-state index is 6.34. The summed E-state index contributed by atoms with van der Waals surface area (Å²) in [6.45, 7) is 2.99. The van der Waals surface area contributed by atoms with E-state index in [4.69, 9.17) is 10.5 Å². The standard InChI is InChI=1S/C13H19NO/c1-13(14,10-12-8-5-9-15-12)11-6-3-2-4-7-11/h2-4,6-7,12H,5,8-10,14H2,1H3. The highest BCUT2D eigenvalue weighted by Gasteiger charge is 2.27. The van der Waals surface area contributed by atoms with Gasteiger partial charge < -0.3 is 10.5 Å². The van der Waals surface area contributed by atoms with Gasteiger partial charge in [0, 0.05) is 12.1 Å². The van der Waals surface area contributed by atoms with Gasteiger partial charge in [0.15, 0.2) is 0 Å². The van der Waals surface area contributed by atoms with Crippen molar-refractivity contribution >= 4 is 0 Å². The molecule has 0 aromatic heterocycles. The molecule has 2 unspecified atom stereocenters. The summed E-state index contributed by atoms with van der Waals surface area (Å²) in [7, 11) is 0. The van der Waals surface area contributed by atoms with Crippen LogP contribution < -0.4 is 5.73 Å². The predicted octanol–water partition coefficient (Wildman–Crippen LogP) is 2.43. The molecule has 82 valence electrons. The van der Waals surface area contributed by atoms with Gasteiger partial charge in [-0.3, -0.25) is 0 Å². The zero-order valence-electron chi connectivity index (χ0n) is 9.28. The Morgan fingerprint density at radius 1 is 1.40 bits per heavy atom. The monoisotopic (exact) mass is 205 g/mol. The van der Waals surface area contributed by atoms with Gasteiger partial charge in [-0.1, -0.05) is 30.3 Å². The van der Waals surface area contributed by atoms with E-state index in [-0.39, 0.29) is 5.54 Å². The number of ether oxygens (including phenoxy) is 1. The number of nitrogens with two attached hydrogens (primary N) is 1. The van der Waals surface area contributed by atoms with E-state index in [0.29, 0.717) is 6.10 Å². The second-order valence-electron chi connectivity index (χ2n) is 4.62. The smallest absolute Gasteiger partial charge is 0.0596 e. The second-order valence-corrected chi connectivity index (χ2v) is 4.62. The Kier molecular flexibility index (Phi) is 3.08. The number of benzene rings is 1. The summed E-state index contributed by atoms with van der Waals surface area (Å²) in [6, 6.07) is 10.3. The van der Waals surface area contributed by atoms with E-state index in [9.17, 15) is 0 Å². The first-order chi connectivity index (χ1) is 7.18. The van der Waals surface area contributed by atoms with E-state index in [1.165, 1.54) is 12.0 Å². The highest BCUT2D eigenvalue weighted by molar-refractivity contribution is 5.23. The lowest BCUT2D eigenvalue weighted by molar-refractivity contribution is 0.0856. The zero-order chi connectivity index (χ0) is 10.7. The molecule has 0 saturated carbocycles. The first-order valence-corrected chi connectivity index (χ1v) is 5.64. The molecular formula is C13H19NO. The molecule has 2 heteroatoms. The van der Waals surface area contributed by atoms with Gasteiger partial charge in [0.25, 0.3) is 0 Å². The molecule has 2 nitrogen and oxygen atoms in total. The molecule has 1 aliphatic heterocycles. The number of hydrogen-bond donors (Lipinski definition) is 1. The van der Waals surface area contributed by atoms with Crippen LogP contribution in [0.1, 0.15) is 31.7 Å². The van der Waals surface area contributed by atoms with Crippen LogP contribution in [-0.2, 0) is 10.3 Å². The molecule has 2 N–H and O–H groups in total. The zero-order valence-corrected chi connectivity index (χ0v) is 9.28. The van der Waals surface area contributed by atoms with Gasteiger partial charge in [0.1, 0.15) is 0 Å². The van der Waals surface area contributed by atoms with Crippen molar-refractivity contribution in [3.8, 4) is 0 Å².